The van der Waals surface area contributed by atoms with E-state index in [0.29, 0.717) is 5.69 Å². The lowest BCUT2D eigenvalue weighted by Crippen LogP contribution is -2.06. The number of hydrazine groups is 1. The summed E-state index contributed by atoms with van der Waals surface area (Å²) in [6.45, 7) is 1.93. The van der Waals surface area contributed by atoms with Crippen molar-refractivity contribution in [3.63, 3.8) is 0 Å². The molecule has 0 radical (unpaired) electrons. The first-order valence-corrected chi connectivity index (χ1v) is 3.00. The van der Waals surface area contributed by atoms with Gasteiger partial charge in [0.05, 0.1) is 5.69 Å². The highest BCUT2D eigenvalue weighted by Gasteiger charge is 1.96. The van der Waals surface area contributed by atoms with E-state index in [-0.39, 0.29) is 18.2 Å². The van der Waals surface area contributed by atoms with Crippen molar-refractivity contribution in [2.75, 3.05) is 5.43 Å². The Bertz CT molecular complexity index is 240. The van der Waals surface area contributed by atoms with Crippen LogP contribution < -0.4 is 11.3 Å². The van der Waals surface area contributed by atoms with Crippen LogP contribution in [-0.2, 0) is 0 Å². The molecule has 0 aliphatic heterocycles. The summed E-state index contributed by atoms with van der Waals surface area (Å²) >= 11 is 0. The minimum atomic E-state index is 0. The fraction of sp³-hybridized carbons (Fsp3) is 0.143. The monoisotopic (exact) mass is 174 g/mol. The van der Waals surface area contributed by atoms with Gasteiger partial charge in [-0.15, -0.1) is 12.4 Å². The molecule has 0 aliphatic rings. The first-order valence-electron chi connectivity index (χ1n) is 3.00. The molecule has 0 amide bonds. The number of anilines is 1. The highest BCUT2D eigenvalue weighted by molar-refractivity contribution is 5.85. The number of nitrogens with two attached hydrogens (primary N) is 1. The lowest BCUT2D eigenvalue weighted by atomic mass is 10.2. The summed E-state index contributed by atoms with van der Waals surface area (Å²) in [5.41, 5.74) is 4.00. The molecule has 1 rings (SSSR count). The summed E-state index contributed by atoms with van der Waals surface area (Å²) in [6, 6.07) is 5.19. The molecule has 1 aromatic rings. The molecule has 0 fully saturated rings. The van der Waals surface area contributed by atoms with Crippen molar-refractivity contribution in [1.82, 2.24) is 0 Å². The number of aromatic hydroxyl groups is 1. The van der Waals surface area contributed by atoms with Crippen molar-refractivity contribution >= 4 is 18.1 Å². The largest absolute Gasteiger partial charge is 0.506 e. The average molecular weight is 175 g/mol. The number of hydrogen-bond acceptors (Lipinski definition) is 3. The summed E-state index contributed by atoms with van der Waals surface area (Å²) in [6.07, 6.45) is 0. The van der Waals surface area contributed by atoms with Gasteiger partial charge >= 0.3 is 0 Å². The number of hydrogen-bond donors (Lipinski definition) is 3. The van der Waals surface area contributed by atoms with Crippen LogP contribution in [-0.4, -0.2) is 5.11 Å². The number of phenolic OH excluding ortho intramolecular Hbond substituents is 1. The fourth-order valence-electron chi connectivity index (χ4n) is 0.765. The van der Waals surface area contributed by atoms with Crippen molar-refractivity contribution in [3.05, 3.63) is 23.8 Å². The van der Waals surface area contributed by atoms with Gasteiger partial charge in [-0.1, -0.05) is 6.07 Å². The van der Waals surface area contributed by atoms with Gasteiger partial charge in [-0.2, -0.15) is 0 Å². The maximum atomic E-state index is 9.09. The average Bonchev–Trinajstić information content (AvgIpc) is 1.94. The van der Waals surface area contributed by atoms with Gasteiger partial charge in [-0.05, 0) is 24.6 Å². The maximum absolute atomic E-state index is 9.09. The van der Waals surface area contributed by atoms with Crippen LogP contribution in [0.15, 0.2) is 18.2 Å². The van der Waals surface area contributed by atoms with Crippen molar-refractivity contribution in [3.8, 4) is 5.75 Å². The molecular formula is C7H11ClN2O. The topological polar surface area (TPSA) is 58.3 Å². The highest BCUT2D eigenvalue weighted by Crippen LogP contribution is 2.21. The number of benzene rings is 1. The van der Waals surface area contributed by atoms with Gasteiger partial charge in [-0.25, -0.2) is 0 Å². The molecular weight excluding hydrogens is 164 g/mol. The first-order chi connectivity index (χ1) is 4.74. The molecule has 4 N–H and O–H groups in total. The van der Waals surface area contributed by atoms with Crippen LogP contribution in [0.25, 0.3) is 0 Å². The van der Waals surface area contributed by atoms with Crippen molar-refractivity contribution in [1.29, 1.82) is 0 Å². The maximum Gasteiger partial charge on any atom is 0.140 e. The van der Waals surface area contributed by atoms with E-state index >= 15 is 0 Å². The predicted octanol–water partition coefficient (Wildman–Crippen LogP) is 1.41. The Labute approximate surface area is 71.6 Å². The van der Waals surface area contributed by atoms with Gasteiger partial charge in [0.1, 0.15) is 5.75 Å². The molecule has 0 heterocycles. The van der Waals surface area contributed by atoms with E-state index in [0.717, 1.165) is 5.56 Å². The number of nitrogens with one attached hydrogen (secondary N) is 1. The van der Waals surface area contributed by atoms with Gasteiger partial charge in [0.25, 0.3) is 0 Å². The predicted molar refractivity (Wildman–Crippen MR) is 47.9 cm³/mol. The number of aryl methyl sites for hydroxylation is 1. The molecule has 11 heavy (non-hydrogen) atoms. The number of nitrogen functional groups attached to an aromatic ring is 1. The second-order valence-corrected chi connectivity index (χ2v) is 2.16. The normalized spacial score (nSPS) is 8.55. The van der Waals surface area contributed by atoms with Gasteiger partial charge in [-0.3, -0.25) is 5.84 Å². The van der Waals surface area contributed by atoms with Gasteiger partial charge < -0.3 is 10.5 Å². The van der Waals surface area contributed by atoms with Crippen LogP contribution in [0.5, 0.6) is 5.75 Å². The van der Waals surface area contributed by atoms with Crippen molar-refractivity contribution in [2.24, 2.45) is 5.84 Å². The Morgan fingerprint density at radius 2 is 2.09 bits per heavy atom. The first kappa shape index (κ1) is 10.1. The Morgan fingerprint density at radius 1 is 1.45 bits per heavy atom. The molecule has 0 unspecified atom stereocenters. The molecule has 0 atom stereocenters. The third-order valence-corrected chi connectivity index (χ3v) is 1.31. The number of rotatable bonds is 1. The second kappa shape index (κ2) is 4.05. The molecule has 0 spiro atoms. The molecule has 1 aromatic carbocycles. The minimum Gasteiger partial charge on any atom is -0.506 e. The van der Waals surface area contributed by atoms with Gasteiger partial charge in [0.2, 0.25) is 0 Å². The van der Waals surface area contributed by atoms with Crippen LogP contribution in [0.3, 0.4) is 0 Å². The summed E-state index contributed by atoms with van der Waals surface area (Å²) in [4.78, 5) is 0. The second-order valence-electron chi connectivity index (χ2n) is 2.16. The molecule has 0 aliphatic carbocycles. The Balaban J connectivity index is 0.000001000. The number of halogens is 1. The Morgan fingerprint density at radius 3 is 2.55 bits per heavy atom. The van der Waals surface area contributed by atoms with E-state index in [1.807, 2.05) is 13.0 Å². The summed E-state index contributed by atoms with van der Waals surface area (Å²) in [5, 5.41) is 9.09. The summed E-state index contributed by atoms with van der Waals surface area (Å²) in [5.74, 6) is 5.28. The molecule has 0 saturated carbocycles. The number of phenols is 1. The lowest BCUT2D eigenvalue weighted by Gasteiger charge is -2.02. The van der Waals surface area contributed by atoms with E-state index in [1.165, 1.54) is 0 Å². The van der Waals surface area contributed by atoms with Crippen LogP contribution in [0, 0.1) is 6.92 Å². The van der Waals surface area contributed by atoms with Crippen LogP contribution in [0.2, 0.25) is 0 Å². The van der Waals surface area contributed by atoms with Gasteiger partial charge in [0.15, 0.2) is 0 Å². The molecule has 62 valence electrons. The van der Waals surface area contributed by atoms with E-state index in [2.05, 4.69) is 5.43 Å². The Kier molecular flexibility index (Phi) is 3.71. The van der Waals surface area contributed by atoms with E-state index in [9.17, 15) is 0 Å². The molecule has 0 aromatic heterocycles. The van der Waals surface area contributed by atoms with Crippen molar-refractivity contribution in [2.45, 2.75) is 6.92 Å². The highest BCUT2D eigenvalue weighted by atomic mass is 35.5. The van der Waals surface area contributed by atoms with E-state index in [1.54, 1.807) is 12.1 Å². The lowest BCUT2D eigenvalue weighted by molar-refractivity contribution is 0.477. The smallest absolute Gasteiger partial charge is 0.140 e. The zero-order valence-electron chi connectivity index (χ0n) is 6.16. The van der Waals surface area contributed by atoms with Gasteiger partial charge in [0, 0.05) is 0 Å². The van der Waals surface area contributed by atoms with E-state index in [4.69, 9.17) is 10.9 Å². The molecule has 3 nitrogen and oxygen atoms in total. The summed E-state index contributed by atoms with van der Waals surface area (Å²) in [7, 11) is 0. The van der Waals surface area contributed by atoms with Crippen LogP contribution in [0.4, 0.5) is 5.69 Å². The molecule has 0 saturated heterocycles. The zero-order valence-corrected chi connectivity index (χ0v) is 6.98. The Hall–Kier alpha value is -0.930. The van der Waals surface area contributed by atoms with Crippen molar-refractivity contribution < 1.29 is 5.11 Å². The standard InChI is InChI=1S/C7H10N2O.ClH/c1-5-2-3-7(10)6(4-5)9-8;/h2-4,9-10H,8H2,1H3;1H. The SMILES string of the molecule is Cc1ccc(O)c(NN)c1.Cl. The van der Waals surface area contributed by atoms with Crippen LogP contribution in [0.1, 0.15) is 5.56 Å². The zero-order chi connectivity index (χ0) is 7.56. The third-order valence-electron chi connectivity index (χ3n) is 1.31. The minimum absolute atomic E-state index is 0. The fourth-order valence-corrected chi connectivity index (χ4v) is 0.765. The molecule has 4 heteroatoms. The van der Waals surface area contributed by atoms with Crippen LogP contribution >= 0.6 is 12.4 Å². The third kappa shape index (κ3) is 2.29. The quantitative estimate of drug-likeness (QED) is 0.343. The summed E-state index contributed by atoms with van der Waals surface area (Å²) < 4.78 is 0. The van der Waals surface area contributed by atoms with E-state index < -0.39 is 0 Å². The molecule has 0 bridgehead atoms.